The standard InChI is InChI=1S/C9H11Cl2NO6S/c1-17-8-4(3-12-19(14,15)16)7(13)5(10)9(18-2)6(8)11/h12-13H,3H2,1-2H3,(H,14,15,16). The fraction of sp³-hybridized carbons (Fsp3) is 0.333. The first kappa shape index (κ1) is 16.1. The molecule has 10 heteroatoms. The molecule has 108 valence electrons. The molecule has 0 unspecified atom stereocenters. The third-order valence-electron chi connectivity index (χ3n) is 2.21. The van der Waals surface area contributed by atoms with Crippen LogP contribution in [0, 0.1) is 0 Å². The van der Waals surface area contributed by atoms with E-state index < -0.39 is 22.6 Å². The van der Waals surface area contributed by atoms with Crippen molar-refractivity contribution in [3.8, 4) is 17.2 Å². The van der Waals surface area contributed by atoms with Gasteiger partial charge in [0.05, 0.1) is 19.8 Å². The second kappa shape index (κ2) is 6.02. The molecule has 1 aromatic rings. The van der Waals surface area contributed by atoms with E-state index in [1.54, 1.807) is 4.72 Å². The van der Waals surface area contributed by atoms with Gasteiger partial charge in [0.1, 0.15) is 21.5 Å². The SMILES string of the molecule is COc1c(Cl)c(O)c(CNS(=O)(=O)O)c(OC)c1Cl. The summed E-state index contributed by atoms with van der Waals surface area (Å²) in [4.78, 5) is 0. The molecule has 0 radical (unpaired) electrons. The van der Waals surface area contributed by atoms with Crippen LogP contribution < -0.4 is 14.2 Å². The summed E-state index contributed by atoms with van der Waals surface area (Å²) in [5, 5.41) is 9.65. The van der Waals surface area contributed by atoms with E-state index in [1.165, 1.54) is 14.2 Å². The Morgan fingerprint density at radius 3 is 2.11 bits per heavy atom. The first-order chi connectivity index (χ1) is 8.72. The zero-order valence-electron chi connectivity index (χ0n) is 9.90. The maximum absolute atomic E-state index is 10.6. The lowest BCUT2D eigenvalue weighted by Gasteiger charge is -2.16. The van der Waals surface area contributed by atoms with Crippen LogP contribution in [0.25, 0.3) is 0 Å². The summed E-state index contributed by atoms with van der Waals surface area (Å²) in [6.07, 6.45) is 0. The number of aromatic hydroxyl groups is 1. The van der Waals surface area contributed by atoms with E-state index in [-0.39, 0.29) is 27.1 Å². The number of hydrogen-bond donors (Lipinski definition) is 3. The molecule has 0 saturated carbocycles. The largest absolute Gasteiger partial charge is 0.506 e. The van der Waals surface area contributed by atoms with Crippen LogP contribution in [-0.4, -0.2) is 32.3 Å². The molecule has 1 rings (SSSR count). The second-order valence-electron chi connectivity index (χ2n) is 3.32. The van der Waals surface area contributed by atoms with Crippen molar-refractivity contribution in [1.82, 2.24) is 4.72 Å². The molecule has 0 fully saturated rings. The lowest BCUT2D eigenvalue weighted by atomic mass is 10.1. The summed E-state index contributed by atoms with van der Waals surface area (Å²) in [5.74, 6) is -0.485. The molecular weight excluding hydrogens is 321 g/mol. The van der Waals surface area contributed by atoms with Crippen molar-refractivity contribution in [2.75, 3.05) is 14.2 Å². The van der Waals surface area contributed by atoms with Gasteiger partial charge in [0.15, 0.2) is 5.75 Å². The molecule has 0 atom stereocenters. The van der Waals surface area contributed by atoms with Crippen LogP contribution in [0.2, 0.25) is 10.0 Å². The van der Waals surface area contributed by atoms with Gasteiger partial charge in [-0.05, 0) is 0 Å². The van der Waals surface area contributed by atoms with Gasteiger partial charge >= 0.3 is 10.3 Å². The van der Waals surface area contributed by atoms with Gasteiger partial charge in [-0.15, -0.1) is 0 Å². The average molecular weight is 332 g/mol. The van der Waals surface area contributed by atoms with Gasteiger partial charge in [0, 0.05) is 6.54 Å². The first-order valence-corrected chi connectivity index (χ1v) is 6.95. The molecule has 0 aliphatic heterocycles. The normalized spacial score (nSPS) is 11.4. The van der Waals surface area contributed by atoms with Crippen LogP contribution in [-0.2, 0) is 16.8 Å². The maximum atomic E-state index is 10.6. The number of rotatable bonds is 5. The van der Waals surface area contributed by atoms with Gasteiger partial charge in [0.2, 0.25) is 0 Å². The van der Waals surface area contributed by atoms with Crippen LogP contribution in [0.1, 0.15) is 5.56 Å². The summed E-state index contributed by atoms with van der Waals surface area (Å²) in [6, 6.07) is 0. The molecule has 0 heterocycles. The fourth-order valence-electron chi connectivity index (χ4n) is 1.40. The van der Waals surface area contributed by atoms with Crippen LogP contribution in [0.3, 0.4) is 0 Å². The minimum absolute atomic E-state index is 0.00621. The van der Waals surface area contributed by atoms with Gasteiger partial charge < -0.3 is 14.6 Å². The van der Waals surface area contributed by atoms with Gasteiger partial charge in [-0.2, -0.15) is 13.1 Å². The van der Waals surface area contributed by atoms with E-state index in [0.717, 1.165) is 0 Å². The molecule has 0 saturated heterocycles. The third kappa shape index (κ3) is 3.54. The van der Waals surface area contributed by atoms with E-state index in [9.17, 15) is 13.5 Å². The molecule has 0 aliphatic rings. The average Bonchev–Trinajstić information content (AvgIpc) is 2.31. The van der Waals surface area contributed by atoms with Crippen LogP contribution in [0.5, 0.6) is 17.2 Å². The van der Waals surface area contributed by atoms with Crippen molar-refractivity contribution >= 4 is 33.5 Å². The highest BCUT2D eigenvalue weighted by atomic mass is 35.5. The Kier molecular flexibility index (Phi) is 5.11. The summed E-state index contributed by atoms with van der Waals surface area (Å²) in [5.41, 5.74) is -0.0316. The zero-order chi connectivity index (χ0) is 14.8. The van der Waals surface area contributed by atoms with Gasteiger partial charge in [-0.3, -0.25) is 4.55 Å². The second-order valence-corrected chi connectivity index (χ2v) is 5.31. The number of phenolic OH excluding ortho intramolecular Hbond substituents is 1. The predicted octanol–water partition coefficient (Wildman–Crippen LogP) is 1.61. The van der Waals surface area contributed by atoms with Crippen molar-refractivity contribution in [3.63, 3.8) is 0 Å². The van der Waals surface area contributed by atoms with Crippen LogP contribution >= 0.6 is 23.2 Å². The number of hydrogen-bond acceptors (Lipinski definition) is 5. The summed E-state index contributed by atoms with van der Waals surface area (Å²) in [6.45, 7) is -0.461. The Labute approximate surface area is 119 Å². The number of ether oxygens (including phenoxy) is 2. The molecule has 1 aromatic carbocycles. The quantitative estimate of drug-likeness (QED) is 0.708. The Morgan fingerprint density at radius 2 is 1.68 bits per heavy atom. The topological polar surface area (TPSA) is 105 Å². The number of nitrogens with one attached hydrogen (secondary N) is 1. The van der Waals surface area contributed by atoms with Crippen molar-refractivity contribution in [2.45, 2.75) is 6.54 Å². The van der Waals surface area contributed by atoms with Crippen molar-refractivity contribution in [3.05, 3.63) is 15.6 Å². The van der Waals surface area contributed by atoms with E-state index in [2.05, 4.69) is 0 Å². The zero-order valence-corrected chi connectivity index (χ0v) is 12.2. The van der Waals surface area contributed by atoms with E-state index in [1.807, 2.05) is 0 Å². The van der Waals surface area contributed by atoms with Gasteiger partial charge in [0.25, 0.3) is 0 Å². The summed E-state index contributed by atoms with van der Waals surface area (Å²) < 4.78 is 41.6. The lowest BCUT2D eigenvalue weighted by Crippen LogP contribution is -2.22. The molecule has 7 nitrogen and oxygen atoms in total. The molecule has 0 amide bonds. The van der Waals surface area contributed by atoms with E-state index in [4.69, 9.17) is 37.2 Å². The smallest absolute Gasteiger partial charge is 0.333 e. The van der Waals surface area contributed by atoms with Crippen molar-refractivity contribution in [1.29, 1.82) is 0 Å². The highest BCUT2D eigenvalue weighted by Gasteiger charge is 2.24. The van der Waals surface area contributed by atoms with E-state index >= 15 is 0 Å². The molecule has 0 aliphatic carbocycles. The minimum Gasteiger partial charge on any atom is -0.506 e. The summed E-state index contributed by atoms with van der Waals surface area (Å²) >= 11 is 11.8. The molecule has 0 spiro atoms. The third-order valence-corrected chi connectivity index (χ3v) is 3.41. The molecular formula is C9H11Cl2NO6S. The molecule has 19 heavy (non-hydrogen) atoms. The highest BCUT2D eigenvalue weighted by molar-refractivity contribution is 7.83. The Balaban J connectivity index is 3.38. The molecule has 0 aromatic heterocycles. The first-order valence-electron chi connectivity index (χ1n) is 4.75. The number of benzene rings is 1. The fourth-order valence-corrected chi connectivity index (χ4v) is 2.42. The van der Waals surface area contributed by atoms with Gasteiger partial charge in [-0.25, -0.2) is 0 Å². The minimum atomic E-state index is -4.44. The molecule has 3 N–H and O–H groups in total. The monoisotopic (exact) mass is 331 g/mol. The van der Waals surface area contributed by atoms with Crippen molar-refractivity contribution in [2.24, 2.45) is 0 Å². The van der Waals surface area contributed by atoms with E-state index in [0.29, 0.717) is 0 Å². The Hall–Kier alpha value is -0.930. The maximum Gasteiger partial charge on any atom is 0.333 e. The Morgan fingerprint density at radius 1 is 1.16 bits per heavy atom. The predicted molar refractivity (Wildman–Crippen MR) is 69.6 cm³/mol. The lowest BCUT2D eigenvalue weighted by molar-refractivity contribution is 0.379. The van der Waals surface area contributed by atoms with Crippen molar-refractivity contribution < 1.29 is 27.6 Å². The number of halogens is 2. The number of phenols is 1. The Bertz CT molecular complexity index is 589. The van der Waals surface area contributed by atoms with Gasteiger partial charge in [-0.1, -0.05) is 23.2 Å². The van der Waals surface area contributed by atoms with Crippen LogP contribution in [0.15, 0.2) is 0 Å². The summed E-state index contributed by atoms with van der Waals surface area (Å²) in [7, 11) is -1.88. The molecule has 0 bridgehead atoms. The number of methoxy groups -OCH3 is 2. The highest BCUT2D eigenvalue weighted by Crippen LogP contribution is 2.48. The van der Waals surface area contributed by atoms with Crippen LogP contribution in [0.4, 0.5) is 0 Å².